The molecule has 0 atom stereocenters. The number of methoxy groups -OCH3 is 1. The molecule has 6 aromatic carbocycles. The molecular formula is C39H34AuClO6P2. The molecule has 0 aromatic heterocycles. The van der Waals surface area contributed by atoms with Gasteiger partial charge in [0.25, 0.3) is 0 Å². The maximum atomic E-state index is 12.3. The predicted octanol–water partition coefficient (Wildman–Crippen LogP) is 2.00. The minimum absolute atomic E-state index is 0. The van der Waals surface area contributed by atoms with Crippen LogP contribution >= 0.6 is 15.2 Å². The van der Waals surface area contributed by atoms with E-state index >= 15 is 0 Å². The molecule has 0 aliphatic rings. The molecule has 0 N–H and O–H groups in total. The van der Waals surface area contributed by atoms with E-state index in [-0.39, 0.29) is 28.3 Å². The van der Waals surface area contributed by atoms with E-state index in [0.29, 0.717) is 0 Å². The molecule has 6 aromatic rings. The molecule has 10 heteroatoms. The van der Waals surface area contributed by atoms with Crippen molar-refractivity contribution >= 4 is 53.0 Å². The van der Waals surface area contributed by atoms with Crippen LogP contribution in [0.3, 0.4) is 0 Å². The Morgan fingerprint density at radius 3 is 0.959 bits per heavy atom. The van der Waals surface area contributed by atoms with Gasteiger partial charge in [-0.2, -0.15) is 0 Å². The van der Waals surface area contributed by atoms with E-state index in [0.717, 1.165) is 15.9 Å². The van der Waals surface area contributed by atoms with E-state index in [2.05, 4.69) is 127 Å². The van der Waals surface area contributed by atoms with Gasteiger partial charge in [0.2, 0.25) is 5.97 Å². The van der Waals surface area contributed by atoms with Gasteiger partial charge in [0.05, 0.1) is 23.0 Å². The summed E-state index contributed by atoms with van der Waals surface area (Å²) in [6, 6.07) is 62.9. The SMILES string of the molecule is COC(=O)[CH-][P+](c1ccccc1)(c1ccccc1)c1ccccc1.[Au+].[O-][Cl+3]([O-])([O-])[O-].c1ccc(P(c2ccccc2)c2ccccc2)cc1. The molecule has 0 saturated heterocycles. The molecule has 6 rings (SSSR count). The number of halogens is 1. The first kappa shape index (κ1) is 39.8. The minimum Gasteiger partial charge on any atom is -0.489 e. The van der Waals surface area contributed by atoms with Gasteiger partial charge >= 0.3 is 22.4 Å². The Kier molecular flexibility index (Phi) is 16.4. The zero-order valence-electron chi connectivity index (χ0n) is 26.4. The van der Waals surface area contributed by atoms with Crippen molar-refractivity contribution in [2.75, 3.05) is 7.11 Å². The maximum absolute atomic E-state index is 12.3. The number of carbonyl (C=O) groups is 1. The van der Waals surface area contributed by atoms with Gasteiger partial charge in [-0.3, -0.25) is 4.79 Å². The summed E-state index contributed by atoms with van der Waals surface area (Å²) >= 11 is 0. The number of benzene rings is 6. The van der Waals surface area contributed by atoms with Crippen LogP contribution < -0.4 is 50.5 Å². The maximum Gasteiger partial charge on any atom is 1.00 e. The van der Waals surface area contributed by atoms with Gasteiger partial charge < -0.3 is 4.74 Å². The van der Waals surface area contributed by atoms with E-state index in [4.69, 9.17) is 23.4 Å². The van der Waals surface area contributed by atoms with Crippen LogP contribution in [0.25, 0.3) is 0 Å². The molecule has 0 aliphatic heterocycles. The van der Waals surface area contributed by atoms with Crippen molar-refractivity contribution < 1.29 is 60.8 Å². The van der Waals surface area contributed by atoms with Crippen LogP contribution in [0.4, 0.5) is 0 Å². The van der Waals surface area contributed by atoms with Gasteiger partial charge in [-0.1, -0.05) is 146 Å². The molecular weight excluding hydrogens is 859 g/mol. The summed E-state index contributed by atoms with van der Waals surface area (Å²) in [5, 5.41) is 7.59. The number of esters is 1. The molecule has 0 bridgehead atoms. The van der Waals surface area contributed by atoms with E-state index in [9.17, 15) is 4.79 Å². The molecule has 49 heavy (non-hydrogen) atoms. The minimum atomic E-state index is -4.94. The average molecular weight is 893 g/mol. The average Bonchev–Trinajstić information content (AvgIpc) is 3.13. The van der Waals surface area contributed by atoms with Crippen LogP contribution in [0, 0.1) is 16.4 Å². The van der Waals surface area contributed by atoms with Gasteiger partial charge in [-0.05, 0) is 60.2 Å². The summed E-state index contributed by atoms with van der Waals surface area (Å²) in [5.74, 6) is -0.306. The number of hydrogen-bond acceptors (Lipinski definition) is 6. The number of rotatable bonds is 8. The van der Waals surface area contributed by atoms with E-state index in [1.165, 1.54) is 23.0 Å². The van der Waals surface area contributed by atoms with Gasteiger partial charge in [0.1, 0.15) is 0 Å². The van der Waals surface area contributed by atoms with E-state index in [1.54, 1.807) is 6.16 Å². The van der Waals surface area contributed by atoms with E-state index in [1.807, 2.05) is 54.6 Å². The van der Waals surface area contributed by atoms with Crippen molar-refractivity contribution in [1.29, 1.82) is 0 Å². The van der Waals surface area contributed by atoms with Crippen molar-refractivity contribution in [1.82, 2.24) is 0 Å². The van der Waals surface area contributed by atoms with E-state index < -0.39 is 25.4 Å². The Labute approximate surface area is 307 Å². The fraction of sp³-hybridized carbons (Fsp3) is 0.0256. The zero-order chi connectivity index (χ0) is 34.2. The molecule has 0 aliphatic carbocycles. The summed E-state index contributed by atoms with van der Waals surface area (Å²) in [4.78, 5) is 12.3. The van der Waals surface area contributed by atoms with Crippen molar-refractivity contribution in [3.8, 4) is 0 Å². The standard InChI is InChI=1S/C21H19O2P.C18H15P.Au.ClHO4/c1-23-21(22)17-24(18-11-5-2-6-12-18,19-13-7-3-8-14-19)20-15-9-4-10-16-20;1-4-10-16(11-5-1)19(17-12-6-2-7-13-17)18-14-8-3-9-15-18;;2-1(3,4)5/h2-17H,1H3;1-15H;;(H,2,3,4,5)/q;;+1;/p-1. The number of hydrogen-bond donors (Lipinski definition) is 0. The molecule has 0 radical (unpaired) electrons. The second-order valence-electron chi connectivity index (χ2n) is 10.1. The molecule has 254 valence electrons. The summed E-state index contributed by atoms with van der Waals surface area (Å²) in [6.07, 6.45) is 1.77. The normalized spacial score (nSPS) is 10.7. The van der Waals surface area contributed by atoms with Crippen molar-refractivity contribution in [3.05, 3.63) is 188 Å². The molecule has 0 saturated carbocycles. The third-order valence-corrected chi connectivity index (χ3v) is 13.4. The first-order valence-corrected chi connectivity index (χ1v) is 19.2. The Morgan fingerprint density at radius 2 is 0.735 bits per heavy atom. The fourth-order valence-electron chi connectivity index (χ4n) is 5.05. The predicted molar refractivity (Wildman–Crippen MR) is 187 cm³/mol. The monoisotopic (exact) mass is 892 g/mol. The number of carbonyl (C=O) groups excluding carboxylic acids is 1. The Balaban J connectivity index is 0.000000233. The Hall–Kier alpha value is -3.61. The van der Waals surface area contributed by atoms with Gasteiger partial charge in [0.15, 0.2) is 0 Å². The van der Waals surface area contributed by atoms with Crippen molar-refractivity contribution in [2.45, 2.75) is 0 Å². The molecule has 0 spiro atoms. The van der Waals surface area contributed by atoms with Gasteiger partial charge in [-0.25, -0.2) is 18.6 Å². The third kappa shape index (κ3) is 12.0. The van der Waals surface area contributed by atoms with Crippen LogP contribution in [0.1, 0.15) is 0 Å². The summed E-state index contributed by atoms with van der Waals surface area (Å²) in [5.41, 5.74) is 0. The topological polar surface area (TPSA) is 119 Å². The second-order valence-corrected chi connectivity index (χ2v) is 16.3. The fourth-order valence-corrected chi connectivity index (χ4v) is 11.0. The molecule has 0 fully saturated rings. The molecule has 0 heterocycles. The smallest absolute Gasteiger partial charge is 0.489 e. The first-order chi connectivity index (χ1) is 23.2. The van der Waals surface area contributed by atoms with Gasteiger partial charge in [0, 0.05) is 7.26 Å². The van der Waals surface area contributed by atoms with Crippen LogP contribution in [-0.2, 0) is 31.9 Å². The van der Waals surface area contributed by atoms with Crippen molar-refractivity contribution in [2.24, 2.45) is 0 Å². The Morgan fingerprint density at radius 1 is 0.510 bits per heavy atom. The quantitative estimate of drug-likeness (QED) is 0.100. The molecule has 6 nitrogen and oxygen atoms in total. The van der Waals surface area contributed by atoms with Gasteiger partial charge in [-0.15, -0.1) is 16.4 Å². The van der Waals surface area contributed by atoms with Crippen LogP contribution in [0.2, 0.25) is 0 Å². The summed E-state index contributed by atoms with van der Waals surface area (Å²) in [7, 11) is -6.19. The first-order valence-electron chi connectivity index (χ1n) is 14.8. The summed E-state index contributed by atoms with van der Waals surface area (Å²) < 4.78 is 39.0. The van der Waals surface area contributed by atoms with Crippen molar-refractivity contribution in [3.63, 3.8) is 0 Å². The zero-order valence-corrected chi connectivity index (χ0v) is 31.1. The van der Waals surface area contributed by atoms with Crippen LogP contribution in [0.15, 0.2) is 182 Å². The Bertz CT molecular complexity index is 1590. The molecule has 0 unspecified atom stereocenters. The molecule has 0 amide bonds. The summed E-state index contributed by atoms with van der Waals surface area (Å²) in [6.45, 7) is 0. The second kappa shape index (κ2) is 20.2. The van der Waals surface area contributed by atoms with Crippen LogP contribution in [-0.4, -0.2) is 13.1 Å². The number of ether oxygens (including phenoxy) is 1. The van der Waals surface area contributed by atoms with Crippen LogP contribution in [0.5, 0.6) is 0 Å². The largest absolute Gasteiger partial charge is 1.00 e. The third-order valence-electron chi connectivity index (χ3n) is 7.03.